The van der Waals surface area contributed by atoms with Crippen molar-refractivity contribution in [2.24, 2.45) is 0 Å². The first-order valence-corrected chi connectivity index (χ1v) is 10.9. The van der Waals surface area contributed by atoms with Gasteiger partial charge in [0.05, 0.1) is 29.7 Å². The van der Waals surface area contributed by atoms with Crippen molar-refractivity contribution in [1.82, 2.24) is 15.5 Å². The van der Waals surface area contributed by atoms with Crippen molar-refractivity contribution in [3.63, 3.8) is 0 Å². The largest absolute Gasteiger partial charge is 0.416 e. The molecule has 2 atom stereocenters. The van der Waals surface area contributed by atoms with Gasteiger partial charge in [-0.05, 0) is 30.7 Å². The van der Waals surface area contributed by atoms with Crippen molar-refractivity contribution >= 4 is 17.5 Å². The molecule has 2 aromatic rings. The van der Waals surface area contributed by atoms with Crippen molar-refractivity contribution in [1.29, 1.82) is 0 Å². The van der Waals surface area contributed by atoms with E-state index in [1.54, 1.807) is 0 Å². The number of amides is 2. The van der Waals surface area contributed by atoms with Gasteiger partial charge in [-0.2, -0.15) is 13.2 Å². The Morgan fingerprint density at radius 2 is 1.80 bits per heavy atom. The normalized spacial score (nSPS) is 16.2. The van der Waals surface area contributed by atoms with E-state index >= 15 is 0 Å². The smallest absolute Gasteiger partial charge is 0.379 e. The predicted octanol–water partition coefficient (Wildman–Crippen LogP) is 2.92. The molecular weight excluding hydrogens is 469 g/mol. The Bertz CT molecular complexity index is 1060. The number of ether oxygens (including phenoxy) is 1. The molecular formula is C23H25F3N4O5. The van der Waals surface area contributed by atoms with E-state index in [0.717, 1.165) is 18.2 Å². The number of carbonyl (C=O) groups excluding carboxylic acids is 2. The summed E-state index contributed by atoms with van der Waals surface area (Å²) < 4.78 is 44.2. The van der Waals surface area contributed by atoms with E-state index < -0.39 is 40.6 Å². The molecule has 2 amide bonds. The molecule has 0 saturated carbocycles. The number of benzene rings is 2. The number of nitro groups is 1. The molecule has 0 aliphatic carbocycles. The van der Waals surface area contributed by atoms with Crippen LogP contribution in [0.25, 0.3) is 0 Å². The van der Waals surface area contributed by atoms with Crippen molar-refractivity contribution in [2.75, 3.05) is 32.8 Å². The van der Waals surface area contributed by atoms with Crippen LogP contribution in [0.15, 0.2) is 48.5 Å². The number of nitrogens with zero attached hydrogens (tertiary/aromatic N) is 2. The molecule has 1 aliphatic rings. The van der Waals surface area contributed by atoms with Gasteiger partial charge in [-0.25, -0.2) is 0 Å². The molecule has 1 fully saturated rings. The molecule has 2 N–H and O–H groups in total. The Hall–Kier alpha value is -3.51. The third-order valence-corrected chi connectivity index (χ3v) is 5.64. The number of carbonyl (C=O) groups is 2. The third kappa shape index (κ3) is 6.99. The number of morpholine rings is 1. The molecule has 1 aliphatic heterocycles. The average molecular weight is 494 g/mol. The molecule has 3 rings (SSSR count). The Balaban J connectivity index is 1.66. The molecule has 0 aromatic heterocycles. The van der Waals surface area contributed by atoms with E-state index in [1.165, 1.54) is 37.3 Å². The van der Waals surface area contributed by atoms with Crippen molar-refractivity contribution < 1.29 is 32.4 Å². The topological polar surface area (TPSA) is 114 Å². The van der Waals surface area contributed by atoms with E-state index in [0.29, 0.717) is 31.9 Å². The lowest BCUT2D eigenvalue weighted by atomic mass is 10.0. The van der Waals surface area contributed by atoms with Crippen LogP contribution in [0, 0.1) is 10.1 Å². The second-order valence-electron chi connectivity index (χ2n) is 8.03. The summed E-state index contributed by atoms with van der Waals surface area (Å²) >= 11 is 0. The first kappa shape index (κ1) is 26.1. The van der Waals surface area contributed by atoms with Gasteiger partial charge in [0.1, 0.15) is 6.04 Å². The molecule has 2 aromatic carbocycles. The Morgan fingerprint density at radius 3 is 2.40 bits per heavy atom. The number of nitro benzene ring substituents is 1. The fourth-order valence-electron chi connectivity index (χ4n) is 3.70. The van der Waals surface area contributed by atoms with Crippen LogP contribution in [0.3, 0.4) is 0 Å². The van der Waals surface area contributed by atoms with Gasteiger partial charge in [-0.15, -0.1) is 0 Å². The number of alkyl halides is 3. The maximum absolute atomic E-state index is 13.0. The lowest BCUT2D eigenvalue weighted by Crippen LogP contribution is -2.48. The van der Waals surface area contributed by atoms with Gasteiger partial charge in [-0.1, -0.05) is 18.2 Å². The maximum Gasteiger partial charge on any atom is 0.416 e. The minimum Gasteiger partial charge on any atom is -0.379 e. The van der Waals surface area contributed by atoms with Crippen LogP contribution in [0.2, 0.25) is 0 Å². The van der Waals surface area contributed by atoms with Crippen molar-refractivity contribution in [3.8, 4) is 0 Å². The first-order valence-electron chi connectivity index (χ1n) is 10.9. The van der Waals surface area contributed by atoms with Crippen LogP contribution in [0.5, 0.6) is 0 Å². The van der Waals surface area contributed by atoms with Crippen LogP contribution < -0.4 is 10.6 Å². The zero-order valence-corrected chi connectivity index (χ0v) is 18.9. The average Bonchev–Trinajstić information content (AvgIpc) is 2.84. The van der Waals surface area contributed by atoms with E-state index in [2.05, 4.69) is 10.6 Å². The quantitative estimate of drug-likeness (QED) is 0.431. The first-order chi connectivity index (χ1) is 16.6. The number of hydrogen-bond acceptors (Lipinski definition) is 6. The van der Waals surface area contributed by atoms with E-state index in [-0.39, 0.29) is 17.8 Å². The van der Waals surface area contributed by atoms with Crippen LogP contribution in [-0.4, -0.2) is 60.5 Å². The van der Waals surface area contributed by atoms with E-state index in [9.17, 15) is 32.9 Å². The van der Waals surface area contributed by atoms with Gasteiger partial charge in [0.2, 0.25) is 5.91 Å². The fourth-order valence-corrected chi connectivity index (χ4v) is 3.70. The number of nitrogens with one attached hydrogen (secondary N) is 2. The third-order valence-electron chi connectivity index (χ3n) is 5.64. The molecule has 35 heavy (non-hydrogen) atoms. The fraction of sp³-hybridized carbons (Fsp3) is 0.391. The summed E-state index contributed by atoms with van der Waals surface area (Å²) in [6, 6.07) is 8.56. The zero-order valence-electron chi connectivity index (χ0n) is 18.9. The number of non-ortho nitro benzene ring substituents is 1. The van der Waals surface area contributed by atoms with Crippen LogP contribution in [0.1, 0.15) is 34.5 Å². The lowest BCUT2D eigenvalue weighted by molar-refractivity contribution is -0.384. The Kier molecular flexibility index (Phi) is 8.41. The summed E-state index contributed by atoms with van der Waals surface area (Å²) in [4.78, 5) is 37.4. The second kappa shape index (κ2) is 11.3. The minimum atomic E-state index is -4.45. The molecule has 1 heterocycles. The summed E-state index contributed by atoms with van der Waals surface area (Å²) in [5, 5.41) is 16.2. The number of halogens is 3. The van der Waals surface area contributed by atoms with Crippen LogP contribution in [0.4, 0.5) is 18.9 Å². The molecule has 2 unspecified atom stereocenters. The SMILES string of the molecule is CC(NC(=O)c1cccc([N+](=O)[O-])c1)C(=O)NCC(c1ccc(C(F)(F)F)cc1)N1CCOCC1. The highest BCUT2D eigenvalue weighted by atomic mass is 19.4. The molecule has 9 nitrogen and oxygen atoms in total. The Labute approximate surface area is 199 Å². The van der Waals surface area contributed by atoms with Gasteiger partial charge in [0.15, 0.2) is 0 Å². The summed E-state index contributed by atoms with van der Waals surface area (Å²) in [6.07, 6.45) is -4.45. The predicted molar refractivity (Wildman–Crippen MR) is 120 cm³/mol. The van der Waals surface area contributed by atoms with Crippen molar-refractivity contribution in [2.45, 2.75) is 25.2 Å². The molecule has 0 bridgehead atoms. The van der Waals surface area contributed by atoms with E-state index in [4.69, 9.17) is 4.74 Å². The monoisotopic (exact) mass is 494 g/mol. The highest BCUT2D eigenvalue weighted by Crippen LogP contribution is 2.31. The van der Waals surface area contributed by atoms with E-state index in [1.807, 2.05) is 4.90 Å². The second-order valence-corrected chi connectivity index (χ2v) is 8.03. The zero-order chi connectivity index (χ0) is 25.6. The summed E-state index contributed by atoms with van der Waals surface area (Å²) in [5.41, 5.74) is -0.369. The van der Waals surface area contributed by atoms with Crippen molar-refractivity contribution in [3.05, 3.63) is 75.3 Å². The number of rotatable bonds is 8. The highest BCUT2D eigenvalue weighted by molar-refractivity contribution is 5.97. The lowest BCUT2D eigenvalue weighted by Gasteiger charge is -2.35. The molecule has 0 radical (unpaired) electrons. The minimum absolute atomic E-state index is 0.0368. The number of hydrogen-bond donors (Lipinski definition) is 2. The summed E-state index contributed by atoms with van der Waals surface area (Å²) in [6.45, 7) is 3.57. The summed E-state index contributed by atoms with van der Waals surface area (Å²) in [7, 11) is 0. The Morgan fingerprint density at radius 1 is 1.14 bits per heavy atom. The maximum atomic E-state index is 13.0. The van der Waals surface area contributed by atoms with Gasteiger partial charge in [-0.3, -0.25) is 24.6 Å². The van der Waals surface area contributed by atoms with Crippen LogP contribution in [-0.2, 0) is 15.7 Å². The summed E-state index contributed by atoms with van der Waals surface area (Å²) in [5.74, 6) is -1.15. The molecule has 0 spiro atoms. The molecule has 188 valence electrons. The highest BCUT2D eigenvalue weighted by Gasteiger charge is 2.31. The standard InChI is InChI=1S/C23H25F3N4O5/c1-15(28-22(32)17-3-2-4-19(13-17)30(33)34)21(31)27-14-20(29-9-11-35-12-10-29)16-5-7-18(8-6-16)23(24,25)26/h2-8,13,15,20H,9-12,14H2,1H3,(H,27,31)(H,28,32). The van der Waals surface area contributed by atoms with Crippen LogP contribution >= 0.6 is 0 Å². The molecule has 12 heteroatoms. The van der Waals surface area contributed by atoms with Gasteiger partial charge >= 0.3 is 6.18 Å². The van der Waals surface area contributed by atoms with Gasteiger partial charge in [0.25, 0.3) is 11.6 Å². The molecule has 1 saturated heterocycles. The van der Waals surface area contributed by atoms with Gasteiger partial charge < -0.3 is 15.4 Å². The van der Waals surface area contributed by atoms with Gasteiger partial charge in [0, 0.05) is 37.3 Å².